The van der Waals surface area contributed by atoms with E-state index >= 15 is 0 Å². The zero-order valence-electron chi connectivity index (χ0n) is 12.3. The first-order chi connectivity index (χ1) is 10.0. The van der Waals surface area contributed by atoms with Crippen LogP contribution in [0.25, 0.3) is 11.5 Å². The van der Waals surface area contributed by atoms with E-state index in [1.54, 1.807) is 11.3 Å². The van der Waals surface area contributed by atoms with Gasteiger partial charge in [-0.2, -0.15) is 4.98 Å². The largest absolute Gasteiger partial charge is 0.390 e. The van der Waals surface area contributed by atoms with Crippen LogP contribution in [-0.4, -0.2) is 10.1 Å². The Morgan fingerprint density at radius 3 is 2.71 bits per heavy atom. The van der Waals surface area contributed by atoms with E-state index in [0.717, 1.165) is 16.1 Å². The number of aromatic nitrogens is 2. The molecule has 21 heavy (non-hydrogen) atoms. The summed E-state index contributed by atoms with van der Waals surface area (Å²) in [5.41, 5.74) is 10.4. The summed E-state index contributed by atoms with van der Waals surface area (Å²) in [6.45, 7) is 6.15. The van der Waals surface area contributed by atoms with Crippen LogP contribution in [0.15, 0.2) is 28.8 Å². The highest BCUT2D eigenvalue weighted by Crippen LogP contribution is 2.37. The summed E-state index contributed by atoms with van der Waals surface area (Å²) in [6.07, 6.45) is 0.660. The zero-order valence-corrected chi connectivity index (χ0v) is 13.1. The van der Waals surface area contributed by atoms with Crippen LogP contribution in [0.3, 0.4) is 0 Å². The number of aryl methyl sites for hydroxylation is 2. The molecular formula is C16H17N3OS. The molecule has 3 aromatic rings. The van der Waals surface area contributed by atoms with E-state index in [0.29, 0.717) is 18.1 Å². The molecule has 0 fully saturated rings. The normalized spacial score (nSPS) is 11.0. The van der Waals surface area contributed by atoms with Crippen molar-refractivity contribution in [2.24, 2.45) is 0 Å². The minimum atomic E-state index is 0.511. The van der Waals surface area contributed by atoms with Crippen molar-refractivity contribution in [3.05, 3.63) is 51.7 Å². The van der Waals surface area contributed by atoms with Gasteiger partial charge in [0.05, 0.1) is 10.6 Å². The quantitative estimate of drug-likeness (QED) is 0.796. The van der Waals surface area contributed by atoms with Gasteiger partial charge < -0.3 is 10.3 Å². The molecule has 1 aromatic carbocycles. The highest BCUT2D eigenvalue weighted by molar-refractivity contribution is 7.16. The highest BCUT2D eigenvalue weighted by atomic mass is 32.1. The van der Waals surface area contributed by atoms with Crippen LogP contribution in [0.2, 0.25) is 0 Å². The van der Waals surface area contributed by atoms with Crippen molar-refractivity contribution in [2.75, 3.05) is 5.73 Å². The Bertz CT molecular complexity index is 789. The maximum Gasteiger partial charge on any atom is 0.261 e. The molecular weight excluding hydrogens is 282 g/mol. The molecule has 0 saturated carbocycles. The molecule has 0 aliphatic heterocycles. The molecule has 0 unspecified atom stereocenters. The fraction of sp³-hybridized carbons (Fsp3) is 0.250. The number of nitrogen functional groups attached to an aromatic ring is 1. The molecule has 0 radical (unpaired) electrons. The van der Waals surface area contributed by atoms with Crippen LogP contribution in [0.4, 0.5) is 5.00 Å². The molecule has 0 saturated heterocycles. The summed E-state index contributed by atoms with van der Waals surface area (Å²) >= 11 is 1.56. The number of hydrogen-bond donors (Lipinski definition) is 1. The SMILES string of the molecule is Cc1cccc(Cc2noc(-c3c(N)sc(C)c3C)n2)c1. The number of benzene rings is 1. The van der Waals surface area contributed by atoms with Crippen LogP contribution in [0, 0.1) is 20.8 Å². The second kappa shape index (κ2) is 5.33. The van der Waals surface area contributed by atoms with Crippen molar-refractivity contribution >= 4 is 16.3 Å². The summed E-state index contributed by atoms with van der Waals surface area (Å²) in [4.78, 5) is 5.67. The topological polar surface area (TPSA) is 64.9 Å². The van der Waals surface area contributed by atoms with Gasteiger partial charge in [-0.05, 0) is 31.9 Å². The molecule has 108 valence electrons. The number of hydrogen-bond acceptors (Lipinski definition) is 5. The van der Waals surface area contributed by atoms with E-state index in [-0.39, 0.29) is 0 Å². The first-order valence-electron chi connectivity index (χ1n) is 6.78. The monoisotopic (exact) mass is 299 g/mol. The fourth-order valence-electron chi connectivity index (χ4n) is 2.35. The lowest BCUT2D eigenvalue weighted by atomic mass is 10.1. The van der Waals surface area contributed by atoms with Gasteiger partial charge in [0, 0.05) is 11.3 Å². The fourth-order valence-corrected chi connectivity index (χ4v) is 3.28. The third kappa shape index (κ3) is 2.69. The van der Waals surface area contributed by atoms with Crippen molar-refractivity contribution in [3.63, 3.8) is 0 Å². The lowest BCUT2D eigenvalue weighted by Gasteiger charge is -1.98. The van der Waals surface area contributed by atoms with Gasteiger partial charge in [0.25, 0.3) is 5.89 Å². The maximum atomic E-state index is 6.05. The summed E-state index contributed by atoms with van der Waals surface area (Å²) in [6, 6.07) is 8.31. The molecule has 0 atom stereocenters. The van der Waals surface area contributed by atoms with E-state index < -0.39 is 0 Å². The number of nitrogens with zero attached hydrogens (tertiary/aromatic N) is 2. The Morgan fingerprint density at radius 2 is 2.05 bits per heavy atom. The summed E-state index contributed by atoms with van der Waals surface area (Å²) in [7, 11) is 0. The molecule has 0 aliphatic rings. The van der Waals surface area contributed by atoms with Gasteiger partial charge >= 0.3 is 0 Å². The van der Waals surface area contributed by atoms with Crippen LogP contribution in [0.1, 0.15) is 27.4 Å². The maximum absolute atomic E-state index is 6.05. The van der Waals surface area contributed by atoms with Gasteiger partial charge in [0.1, 0.15) is 0 Å². The minimum absolute atomic E-state index is 0.511. The first-order valence-corrected chi connectivity index (χ1v) is 7.60. The number of rotatable bonds is 3. The number of nitrogens with two attached hydrogens (primary N) is 1. The summed E-state index contributed by atoms with van der Waals surface area (Å²) < 4.78 is 5.39. The van der Waals surface area contributed by atoms with Gasteiger partial charge in [0.15, 0.2) is 5.82 Å². The Labute approximate surface area is 127 Å². The van der Waals surface area contributed by atoms with Gasteiger partial charge in [0.2, 0.25) is 0 Å². The Morgan fingerprint density at radius 1 is 1.24 bits per heavy atom. The van der Waals surface area contributed by atoms with Crippen molar-refractivity contribution in [2.45, 2.75) is 27.2 Å². The summed E-state index contributed by atoms with van der Waals surface area (Å²) in [5.74, 6) is 1.19. The molecule has 0 spiro atoms. The molecule has 2 heterocycles. The average Bonchev–Trinajstić information content (AvgIpc) is 2.95. The average molecular weight is 299 g/mol. The van der Waals surface area contributed by atoms with Crippen molar-refractivity contribution < 1.29 is 4.52 Å². The zero-order chi connectivity index (χ0) is 15.0. The molecule has 3 rings (SSSR count). The number of anilines is 1. The van der Waals surface area contributed by atoms with Gasteiger partial charge in [-0.25, -0.2) is 0 Å². The van der Waals surface area contributed by atoms with Crippen LogP contribution in [0.5, 0.6) is 0 Å². The lowest BCUT2D eigenvalue weighted by Crippen LogP contribution is -1.92. The smallest absolute Gasteiger partial charge is 0.261 e. The third-order valence-corrected chi connectivity index (χ3v) is 4.58. The van der Waals surface area contributed by atoms with Crippen LogP contribution in [-0.2, 0) is 6.42 Å². The Kier molecular flexibility index (Phi) is 3.51. The number of thiophene rings is 1. The third-order valence-electron chi connectivity index (χ3n) is 3.54. The lowest BCUT2D eigenvalue weighted by molar-refractivity contribution is 0.424. The van der Waals surface area contributed by atoms with Crippen molar-refractivity contribution in [1.29, 1.82) is 0 Å². The standard InChI is InChI=1S/C16H17N3OS/c1-9-5-4-6-12(7-9)8-13-18-16(20-19-13)14-10(2)11(3)21-15(14)17/h4-7H,8,17H2,1-3H3. The summed E-state index contributed by atoms with van der Waals surface area (Å²) in [5, 5.41) is 4.80. The van der Waals surface area contributed by atoms with Crippen molar-refractivity contribution in [1.82, 2.24) is 10.1 Å². The van der Waals surface area contributed by atoms with E-state index in [9.17, 15) is 0 Å². The molecule has 4 nitrogen and oxygen atoms in total. The Balaban J connectivity index is 1.90. The molecule has 0 amide bonds. The van der Waals surface area contributed by atoms with E-state index in [1.807, 2.05) is 19.9 Å². The van der Waals surface area contributed by atoms with E-state index in [1.165, 1.54) is 16.0 Å². The minimum Gasteiger partial charge on any atom is -0.390 e. The van der Waals surface area contributed by atoms with Gasteiger partial charge in [-0.15, -0.1) is 11.3 Å². The van der Waals surface area contributed by atoms with Gasteiger partial charge in [-0.1, -0.05) is 35.0 Å². The molecule has 0 aliphatic carbocycles. The van der Waals surface area contributed by atoms with Crippen molar-refractivity contribution in [3.8, 4) is 11.5 Å². The predicted molar refractivity (Wildman–Crippen MR) is 85.5 cm³/mol. The Hall–Kier alpha value is -2.14. The van der Waals surface area contributed by atoms with E-state index in [2.05, 4.69) is 35.3 Å². The molecule has 5 heteroatoms. The molecule has 2 N–H and O–H groups in total. The highest BCUT2D eigenvalue weighted by Gasteiger charge is 2.18. The predicted octanol–water partition coefficient (Wildman–Crippen LogP) is 3.90. The van der Waals surface area contributed by atoms with Gasteiger partial charge in [-0.3, -0.25) is 0 Å². The second-order valence-electron chi connectivity index (χ2n) is 5.20. The van der Waals surface area contributed by atoms with E-state index in [4.69, 9.17) is 10.3 Å². The first kappa shape index (κ1) is 13.8. The second-order valence-corrected chi connectivity index (χ2v) is 6.46. The molecule has 0 bridgehead atoms. The molecule has 2 aromatic heterocycles. The van der Waals surface area contributed by atoms with Crippen LogP contribution >= 0.6 is 11.3 Å². The van der Waals surface area contributed by atoms with Crippen LogP contribution < -0.4 is 5.73 Å².